The summed E-state index contributed by atoms with van der Waals surface area (Å²) in [5.41, 5.74) is 15.1. The average Bonchev–Trinajstić information content (AvgIpc) is 3.34. The number of benzene rings is 8. The van der Waals surface area contributed by atoms with Crippen molar-refractivity contribution in [1.82, 2.24) is 29.9 Å². The van der Waals surface area contributed by atoms with Crippen LogP contribution < -0.4 is 0 Å². The van der Waals surface area contributed by atoms with Crippen LogP contribution in [-0.4, -0.2) is 29.9 Å². The third-order valence-corrected chi connectivity index (χ3v) is 11.0. The standard InChI is InChI=1S/C56H40N6/c1-37-57-53(43-29-25-41(26-30-43)39-13-5-3-6-14-39)61-54(58-37)44-31-27-42(28-32-44)45-17-9-19-47(33-45)48-20-10-21-49(34-48)50-22-12-24-52(36-50)56-60-38(2)59-55(62-56)51-23-11-18-46(35-51)40-15-7-4-8-16-40/h3-36H,1-2H3. The Morgan fingerprint density at radius 3 is 0.790 bits per heavy atom. The second-order valence-electron chi connectivity index (χ2n) is 15.3. The van der Waals surface area contributed by atoms with Crippen molar-refractivity contribution in [2.45, 2.75) is 13.8 Å². The van der Waals surface area contributed by atoms with E-state index in [1.165, 1.54) is 5.56 Å². The van der Waals surface area contributed by atoms with Crippen LogP contribution in [0.3, 0.4) is 0 Å². The normalized spacial score (nSPS) is 11.1. The predicted molar refractivity (Wildman–Crippen MR) is 252 cm³/mol. The summed E-state index contributed by atoms with van der Waals surface area (Å²) in [6.07, 6.45) is 0. The van der Waals surface area contributed by atoms with Gasteiger partial charge in [0.1, 0.15) is 11.6 Å². The zero-order valence-corrected chi connectivity index (χ0v) is 34.3. The van der Waals surface area contributed by atoms with E-state index in [9.17, 15) is 0 Å². The molecule has 10 aromatic rings. The molecular formula is C56H40N6. The molecule has 0 aliphatic carbocycles. The Bertz CT molecular complexity index is 3180. The molecule has 0 N–H and O–H groups in total. The molecular weight excluding hydrogens is 757 g/mol. The Morgan fingerprint density at radius 2 is 0.419 bits per heavy atom. The molecule has 62 heavy (non-hydrogen) atoms. The van der Waals surface area contributed by atoms with Crippen LogP contribution in [0.2, 0.25) is 0 Å². The number of rotatable bonds is 9. The quantitative estimate of drug-likeness (QED) is 0.145. The van der Waals surface area contributed by atoms with Gasteiger partial charge < -0.3 is 0 Å². The molecule has 6 nitrogen and oxygen atoms in total. The first-order chi connectivity index (χ1) is 30.5. The summed E-state index contributed by atoms with van der Waals surface area (Å²) in [6.45, 7) is 3.84. The fourth-order valence-electron chi connectivity index (χ4n) is 7.80. The van der Waals surface area contributed by atoms with E-state index in [1.54, 1.807) is 0 Å². The highest BCUT2D eigenvalue weighted by molar-refractivity contribution is 5.79. The van der Waals surface area contributed by atoms with Crippen LogP contribution in [0, 0.1) is 13.8 Å². The maximum absolute atomic E-state index is 4.97. The SMILES string of the molecule is Cc1nc(-c2ccc(-c3ccccc3)cc2)nc(-c2ccc(-c3cccc(-c4cccc(-c5cccc(-c6nc(C)nc(-c7cccc(-c8ccccc8)c7)n6)c5)c4)c3)cc2)n1. The molecule has 0 bridgehead atoms. The molecule has 2 aromatic heterocycles. The van der Waals surface area contributed by atoms with Gasteiger partial charge in [-0.3, -0.25) is 0 Å². The topological polar surface area (TPSA) is 77.3 Å². The van der Waals surface area contributed by atoms with E-state index >= 15 is 0 Å². The van der Waals surface area contributed by atoms with Gasteiger partial charge in [-0.15, -0.1) is 0 Å². The lowest BCUT2D eigenvalue weighted by atomic mass is 9.95. The van der Waals surface area contributed by atoms with Gasteiger partial charge in [-0.1, -0.05) is 182 Å². The van der Waals surface area contributed by atoms with Crippen LogP contribution >= 0.6 is 0 Å². The second-order valence-corrected chi connectivity index (χ2v) is 15.3. The predicted octanol–water partition coefficient (Wildman–Crippen LogP) is 13.7. The van der Waals surface area contributed by atoms with Gasteiger partial charge in [-0.05, 0) is 93.7 Å². The molecule has 0 aliphatic rings. The van der Waals surface area contributed by atoms with Crippen LogP contribution in [-0.2, 0) is 0 Å². The lowest BCUT2D eigenvalue weighted by Gasteiger charge is -2.11. The fourth-order valence-corrected chi connectivity index (χ4v) is 7.80. The number of aromatic nitrogens is 6. The van der Waals surface area contributed by atoms with E-state index in [2.05, 4.69) is 199 Å². The molecule has 0 atom stereocenters. The highest BCUT2D eigenvalue weighted by Gasteiger charge is 2.13. The average molecular weight is 797 g/mol. The minimum atomic E-state index is 0.647. The Morgan fingerprint density at radius 1 is 0.194 bits per heavy atom. The summed E-state index contributed by atoms with van der Waals surface area (Å²) in [5.74, 6) is 3.97. The third-order valence-electron chi connectivity index (χ3n) is 11.0. The van der Waals surface area contributed by atoms with Crippen LogP contribution in [0.15, 0.2) is 206 Å². The maximum atomic E-state index is 4.97. The summed E-state index contributed by atoms with van der Waals surface area (Å²) >= 11 is 0. The van der Waals surface area contributed by atoms with Crippen molar-refractivity contribution in [3.05, 3.63) is 218 Å². The van der Waals surface area contributed by atoms with Crippen LogP contribution in [0.25, 0.3) is 101 Å². The Kier molecular flexibility index (Phi) is 10.3. The van der Waals surface area contributed by atoms with Crippen molar-refractivity contribution in [2.75, 3.05) is 0 Å². The molecule has 2 heterocycles. The second kappa shape index (κ2) is 16.8. The lowest BCUT2D eigenvalue weighted by Crippen LogP contribution is -1.99. The number of hydrogen-bond acceptors (Lipinski definition) is 6. The molecule has 0 unspecified atom stereocenters. The molecule has 0 spiro atoms. The molecule has 294 valence electrons. The van der Waals surface area contributed by atoms with E-state index in [0.29, 0.717) is 34.9 Å². The van der Waals surface area contributed by atoms with Crippen molar-refractivity contribution >= 4 is 0 Å². The van der Waals surface area contributed by atoms with Crippen LogP contribution in [0.4, 0.5) is 0 Å². The molecule has 0 amide bonds. The van der Waals surface area contributed by atoms with E-state index in [4.69, 9.17) is 24.9 Å². The van der Waals surface area contributed by atoms with Gasteiger partial charge in [0.2, 0.25) is 0 Å². The molecule has 0 saturated carbocycles. The molecule has 0 saturated heterocycles. The molecule has 0 radical (unpaired) electrons. The van der Waals surface area contributed by atoms with E-state index in [0.717, 1.165) is 72.3 Å². The molecule has 0 aliphatic heterocycles. The number of nitrogens with zero attached hydrogens (tertiary/aromatic N) is 6. The summed E-state index contributed by atoms with van der Waals surface area (Å²) < 4.78 is 0. The lowest BCUT2D eigenvalue weighted by molar-refractivity contribution is 0.991. The van der Waals surface area contributed by atoms with Gasteiger partial charge in [-0.2, -0.15) is 0 Å². The first-order valence-corrected chi connectivity index (χ1v) is 20.7. The molecule has 8 aromatic carbocycles. The Labute approximate surface area is 361 Å². The van der Waals surface area contributed by atoms with Crippen LogP contribution in [0.5, 0.6) is 0 Å². The first-order valence-electron chi connectivity index (χ1n) is 20.7. The Hall–Kier alpha value is -8.22. The van der Waals surface area contributed by atoms with Gasteiger partial charge in [-0.25, -0.2) is 29.9 Å². The first kappa shape index (κ1) is 38.0. The summed E-state index contributed by atoms with van der Waals surface area (Å²) in [4.78, 5) is 28.7. The zero-order chi connectivity index (χ0) is 41.8. The Balaban J connectivity index is 0.884. The molecule has 6 heteroatoms. The highest BCUT2D eigenvalue weighted by atomic mass is 15.0. The molecule has 0 fully saturated rings. The van der Waals surface area contributed by atoms with Gasteiger partial charge in [0.05, 0.1) is 0 Å². The van der Waals surface area contributed by atoms with Gasteiger partial charge in [0.15, 0.2) is 23.3 Å². The minimum Gasteiger partial charge on any atom is -0.213 e. The highest BCUT2D eigenvalue weighted by Crippen LogP contribution is 2.33. The van der Waals surface area contributed by atoms with E-state index in [-0.39, 0.29) is 0 Å². The third kappa shape index (κ3) is 8.18. The number of aryl methyl sites for hydroxylation is 2. The van der Waals surface area contributed by atoms with Crippen molar-refractivity contribution in [3.63, 3.8) is 0 Å². The maximum Gasteiger partial charge on any atom is 0.163 e. The fraction of sp³-hybridized carbons (Fsp3) is 0.0357. The monoisotopic (exact) mass is 796 g/mol. The summed E-state index contributed by atoms with van der Waals surface area (Å²) in [5, 5.41) is 0. The van der Waals surface area contributed by atoms with Gasteiger partial charge in [0, 0.05) is 22.3 Å². The van der Waals surface area contributed by atoms with Crippen molar-refractivity contribution in [3.8, 4) is 101 Å². The van der Waals surface area contributed by atoms with Crippen molar-refractivity contribution < 1.29 is 0 Å². The smallest absolute Gasteiger partial charge is 0.163 e. The van der Waals surface area contributed by atoms with Crippen LogP contribution in [0.1, 0.15) is 11.6 Å². The number of hydrogen-bond donors (Lipinski definition) is 0. The summed E-state index contributed by atoms with van der Waals surface area (Å²) in [7, 11) is 0. The largest absolute Gasteiger partial charge is 0.213 e. The van der Waals surface area contributed by atoms with Crippen molar-refractivity contribution in [1.29, 1.82) is 0 Å². The zero-order valence-electron chi connectivity index (χ0n) is 34.3. The van der Waals surface area contributed by atoms with E-state index in [1.807, 2.05) is 26.0 Å². The van der Waals surface area contributed by atoms with E-state index < -0.39 is 0 Å². The minimum absolute atomic E-state index is 0.647. The molecule has 10 rings (SSSR count). The summed E-state index contributed by atoms with van der Waals surface area (Å²) in [6, 6.07) is 71.7. The van der Waals surface area contributed by atoms with Gasteiger partial charge >= 0.3 is 0 Å². The van der Waals surface area contributed by atoms with Gasteiger partial charge in [0.25, 0.3) is 0 Å². The van der Waals surface area contributed by atoms with Crippen molar-refractivity contribution in [2.24, 2.45) is 0 Å².